The fourth-order valence-corrected chi connectivity index (χ4v) is 4.47. The lowest BCUT2D eigenvalue weighted by Gasteiger charge is -2.18. The number of nitrogen functional groups attached to an aromatic ring is 1. The highest BCUT2D eigenvalue weighted by atomic mass is 19.4. The topological polar surface area (TPSA) is 94.3 Å². The molecule has 39 heavy (non-hydrogen) atoms. The molecule has 0 saturated heterocycles. The summed E-state index contributed by atoms with van der Waals surface area (Å²) in [5.41, 5.74) is 7.66. The Labute approximate surface area is 222 Å². The monoisotopic (exact) mass is 531 g/mol. The molecule has 198 valence electrons. The van der Waals surface area contributed by atoms with Gasteiger partial charge in [0.1, 0.15) is 11.3 Å². The fraction of sp³-hybridized carbons (Fsp3) is 0.133. The van der Waals surface area contributed by atoms with Crippen LogP contribution in [0.15, 0.2) is 106 Å². The van der Waals surface area contributed by atoms with Crippen LogP contribution in [0.5, 0.6) is 0 Å². The summed E-state index contributed by atoms with van der Waals surface area (Å²) in [7, 11) is 0. The van der Waals surface area contributed by atoms with E-state index in [0.717, 1.165) is 23.3 Å². The van der Waals surface area contributed by atoms with Crippen LogP contribution < -0.4 is 11.1 Å². The number of carbonyl (C=O) groups excluding carboxylic acids is 1. The first-order valence-corrected chi connectivity index (χ1v) is 12.2. The number of rotatable bonds is 8. The zero-order valence-corrected chi connectivity index (χ0v) is 20.6. The zero-order valence-electron chi connectivity index (χ0n) is 20.6. The summed E-state index contributed by atoms with van der Waals surface area (Å²) in [5, 5.41) is 6.76. The van der Waals surface area contributed by atoms with Crippen molar-refractivity contribution in [1.82, 2.24) is 10.5 Å². The van der Waals surface area contributed by atoms with Crippen molar-refractivity contribution in [3.63, 3.8) is 0 Å². The smallest absolute Gasteiger partial charge is 0.416 e. The molecule has 0 bridgehead atoms. The van der Waals surface area contributed by atoms with Crippen LogP contribution in [0.4, 0.5) is 19.1 Å². The zero-order chi connectivity index (χ0) is 27.4. The third-order valence-electron chi connectivity index (χ3n) is 6.38. The molecular weight excluding hydrogens is 507 g/mol. The van der Waals surface area contributed by atoms with Crippen molar-refractivity contribution in [1.29, 1.82) is 0 Å². The fourth-order valence-electron chi connectivity index (χ4n) is 4.47. The number of nitrogens with two attached hydrogens (primary N) is 1. The second-order valence-corrected chi connectivity index (χ2v) is 8.93. The van der Waals surface area contributed by atoms with Gasteiger partial charge in [-0.25, -0.2) is 0 Å². The van der Waals surface area contributed by atoms with Gasteiger partial charge in [0.15, 0.2) is 11.5 Å². The van der Waals surface area contributed by atoms with Gasteiger partial charge < -0.3 is 20.0 Å². The first kappa shape index (κ1) is 25.8. The van der Waals surface area contributed by atoms with Crippen molar-refractivity contribution < 1.29 is 26.9 Å². The van der Waals surface area contributed by atoms with Gasteiger partial charge in [-0.3, -0.25) is 4.79 Å². The first-order chi connectivity index (χ1) is 18.8. The summed E-state index contributed by atoms with van der Waals surface area (Å²) in [5.74, 6) is -0.313. The average Bonchev–Trinajstić information content (AvgIpc) is 3.58. The molecule has 0 fully saturated rings. The second-order valence-electron chi connectivity index (χ2n) is 8.93. The summed E-state index contributed by atoms with van der Waals surface area (Å²) >= 11 is 0. The summed E-state index contributed by atoms with van der Waals surface area (Å²) in [4.78, 5) is 13.1. The van der Waals surface area contributed by atoms with Gasteiger partial charge in [0.05, 0.1) is 5.56 Å². The van der Waals surface area contributed by atoms with E-state index in [2.05, 4.69) is 34.7 Å². The molecule has 5 aromatic rings. The molecule has 0 aliphatic carbocycles. The van der Waals surface area contributed by atoms with Crippen LogP contribution in [0.2, 0.25) is 0 Å². The lowest BCUT2D eigenvalue weighted by atomic mass is 9.88. The van der Waals surface area contributed by atoms with Crippen molar-refractivity contribution in [2.45, 2.75) is 18.5 Å². The van der Waals surface area contributed by atoms with E-state index >= 15 is 0 Å². The SMILES string of the molecule is Nc1onc(-c2ccc(-c3cccc(C(F)(F)F)c3)o2)c1C(=O)NCCC(c1ccccc1)c1ccccc1. The van der Waals surface area contributed by atoms with Crippen LogP contribution >= 0.6 is 0 Å². The molecule has 0 aliphatic heterocycles. The molecule has 0 aliphatic rings. The second kappa shape index (κ2) is 10.9. The molecule has 0 atom stereocenters. The average molecular weight is 532 g/mol. The van der Waals surface area contributed by atoms with Gasteiger partial charge in [0.2, 0.25) is 5.88 Å². The number of halogens is 3. The van der Waals surface area contributed by atoms with Crippen LogP contribution in [0.25, 0.3) is 22.8 Å². The van der Waals surface area contributed by atoms with Gasteiger partial charge in [0.25, 0.3) is 5.91 Å². The molecule has 0 saturated carbocycles. The van der Waals surface area contributed by atoms with E-state index in [0.29, 0.717) is 13.0 Å². The Hall–Kier alpha value is -4.79. The molecule has 9 heteroatoms. The Morgan fingerprint density at radius 3 is 2.15 bits per heavy atom. The Morgan fingerprint density at radius 2 is 1.51 bits per heavy atom. The molecule has 0 radical (unpaired) electrons. The highest BCUT2D eigenvalue weighted by molar-refractivity contribution is 6.03. The summed E-state index contributed by atoms with van der Waals surface area (Å²) in [6, 6.07) is 27.8. The predicted octanol–water partition coefficient (Wildman–Crippen LogP) is 7.15. The summed E-state index contributed by atoms with van der Waals surface area (Å²) in [6.07, 6.45) is -3.86. The highest BCUT2D eigenvalue weighted by Gasteiger charge is 2.31. The number of anilines is 1. The lowest BCUT2D eigenvalue weighted by Crippen LogP contribution is -2.26. The maximum atomic E-state index is 13.1. The lowest BCUT2D eigenvalue weighted by molar-refractivity contribution is -0.137. The minimum absolute atomic E-state index is 0.00378. The van der Waals surface area contributed by atoms with E-state index in [1.807, 2.05) is 36.4 Å². The predicted molar refractivity (Wildman–Crippen MR) is 141 cm³/mol. The van der Waals surface area contributed by atoms with Gasteiger partial charge in [0, 0.05) is 18.0 Å². The van der Waals surface area contributed by atoms with Crippen molar-refractivity contribution in [2.75, 3.05) is 12.3 Å². The van der Waals surface area contributed by atoms with Gasteiger partial charge >= 0.3 is 6.18 Å². The number of amides is 1. The van der Waals surface area contributed by atoms with E-state index in [1.54, 1.807) is 0 Å². The number of benzene rings is 3. The molecule has 0 spiro atoms. The van der Waals surface area contributed by atoms with Gasteiger partial charge in [-0.1, -0.05) is 78.0 Å². The first-order valence-electron chi connectivity index (χ1n) is 12.2. The Balaban J connectivity index is 1.33. The molecule has 1 amide bonds. The number of furan rings is 1. The van der Waals surface area contributed by atoms with Crippen LogP contribution in [-0.2, 0) is 6.18 Å². The molecule has 0 unspecified atom stereocenters. The van der Waals surface area contributed by atoms with Gasteiger partial charge in [-0.15, -0.1) is 0 Å². The van der Waals surface area contributed by atoms with E-state index in [9.17, 15) is 18.0 Å². The van der Waals surface area contributed by atoms with Gasteiger partial charge in [-0.2, -0.15) is 13.2 Å². The largest absolute Gasteiger partial charge is 0.454 e. The van der Waals surface area contributed by atoms with Crippen molar-refractivity contribution in [2.24, 2.45) is 0 Å². The minimum Gasteiger partial charge on any atom is -0.454 e. The summed E-state index contributed by atoms with van der Waals surface area (Å²) < 4.78 is 50.2. The number of hydrogen-bond acceptors (Lipinski definition) is 5. The number of nitrogens with one attached hydrogen (secondary N) is 1. The van der Waals surface area contributed by atoms with Crippen molar-refractivity contribution in [3.05, 3.63) is 119 Å². The molecule has 5 rings (SSSR count). The number of hydrogen-bond donors (Lipinski definition) is 2. The standard InChI is InChI=1S/C30H24F3N3O3/c31-30(32,33)22-13-7-12-21(18-22)24-14-15-25(38-24)27-26(28(34)39-36-27)29(37)35-17-16-23(19-8-3-1-4-9-19)20-10-5-2-6-11-20/h1-15,18,23H,16-17,34H2,(H,35,37). The van der Waals surface area contributed by atoms with E-state index in [4.69, 9.17) is 14.7 Å². The van der Waals surface area contributed by atoms with Crippen molar-refractivity contribution in [3.8, 4) is 22.8 Å². The number of nitrogens with zero attached hydrogens (tertiary/aromatic N) is 1. The van der Waals surface area contributed by atoms with E-state index in [1.165, 1.54) is 24.3 Å². The van der Waals surface area contributed by atoms with E-state index < -0.39 is 17.6 Å². The van der Waals surface area contributed by atoms with Gasteiger partial charge in [-0.05, 0) is 41.8 Å². The normalized spacial score (nSPS) is 11.6. The van der Waals surface area contributed by atoms with Crippen LogP contribution in [-0.4, -0.2) is 17.6 Å². The van der Waals surface area contributed by atoms with E-state index in [-0.39, 0.29) is 40.1 Å². The number of carbonyl (C=O) groups is 1. The molecule has 2 aromatic heterocycles. The molecule has 3 aromatic carbocycles. The third kappa shape index (κ3) is 5.72. The van der Waals surface area contributed by atoms with Crippen molar-refractivity contribution >= 4 is 11.8 Å². The van der Waals surface area contributed by atoms with Crippen LogP contribution in [0, 0.1) is 0 Å². The molecular formula is C30H24F3N3O3. The summed E-state index contributed by atoms with van der Waals surface area (Å²) in [6.45, 7) is 0.338. The Kier molecular flexibility index (Phi) is 7.23. The molecule has 3 N–H and O–H groups in total. The Morgan fingerprint density at radius 1 is 0.872 bits per heavy atom. The number of aromatic nitrogens is 1. The Bertz CT molecular complexity index is 1520. The highest BCUT2D eigenvalue weighted by Crippen LogP contribution is 2.35. The van der Waals surface area contributed by atoms with Crippen LogP contribution in [0.1, 0.15) is 39.4 Å². The number of alkyl halides is 3. The third-order valence-corrected chi connectivity index (χ3v) is 6.38. The van der Waals surface area contributed by atoms with Crippen LogP contribution in [0.3, 0.4) is 0 Å². The minimum atomic E-state index is -4.49. The molecule has 6 nitrogen and oxygen atoms in total. The molecule has 2 heterocycles. The maximum Gasteiger partial charge on any atom is 0.416 e. The quantitative estimate of drug-likeness (QED) is 0.222. The maximum absolute atomic E-state index is 13.1.